The Morgan fingerprint density at radius 2 is 2.00 bits per heavy atom. The van der Waals surface area contributed by atoms with Gasteiger partial charge in [-0.25, -0.2) is 0 Å². The van der Waals surface area contributed by atoms with E-state index in [1.54, 1.807) is 12.1 Å². The maximum absolute atomic E-state index is 10.9. The highest BCUT2D eigenvalue weighted by molar-refractivity contribution is 6.42. The molecule has 0 aromatic heterocycles. The van der Waals surface area contributed by atoms with E-state index in [0.29, 0.717) is 15.6 Å². The standard InChI is InChI=1S/C10H10Cl2O3/c11-8-2-1-6(5-9(8)12)7(3-4-13)10(14)15/h1-2,5,7,13H,3-4H2,(H,14,15). The lowest BCUT2D eigenvalue weighted by atomic mass is 9.96. The average Bonchev–Trinajstić information content (AvgIpc) is 2.18. The molecule has 1 atom stereocenters. The summed E-state index contributed by atoms with van der Waals surface area (Å²) in [5.74, 6) is -1.73. The first-order valence-corrected chi connectivity index (χ1v) is 5.10. The van der Waals surface area contributed by atoms with Crippen molar-refractivity contribution in [2.45, 2.75) is 12.3 Å². The lowest BCUT2D eigenvalue weighted by molar-refractivity contribution is -0.139. The molecule has 82 valence electrons. The number of aliphatic hydroxyl groups is 1. The van der Waals surface area contributed by atoms with Gasteiger partial charge >= 0.3 is 5.97 Å². The van der Waals surface area contributed by atoms with Gasteiger partial charge in [-0.3, -0.25) is 4.79 Å². The molecule has 0 bridgehead atoms. The summed E-state index contributed by atoms with van der Waals surface area (Å²) in [6.07, 6.45) is 0.160. The SMILES string of the molecule is O=C(O)C(CCO)c1ccc(Cl)c(Cl)c1. The van der Waals surface area contributed by atoms with Crippen LogP contribution in [-0.4, -0.2) is 22.8 Å². The Morgan fingerprint density at radius 3 is 2.47 bits per heavy atom. The molecule has 5 heteroatoms. The number of aliphatic hydroxyl groups excluding tert-OH is 1. The topological polar surface area (TPSA) is 57.5 Å². The number of halogens is 2. The monoisotopic (exact) mass is 248 g/mol. The van der Waals surface area contributed by atoms with Crippen LogP contribution in [0.3, 0.4) is 0 Å². The first kappa shape index (κ1) is 12.3. The summed E-state index contributed by atoms with van der Waals surface area (Å²) < 4.78 is 0. The molecule has 0 spiro atoms. The van der Waals surface area contributed by atoms with Crippen molar-refractivity contribution in [2.24, 2.45) is 0 Å². The third kappa shape index (κ3) is 3.09. The predicted molar refractivity (Wildman–Crippen MR) is 58.5 cm³/mol. The maximum Gasteiger partial charge on any atom is 0.311 e. The molecule has 0 radical (unpaired) electrons. The minimum atomic E-state index is -0.984. The molecule has 0 heterocycles. The van der Waals surface area contributed by atoms with Crippen molar-refractivity contribution in [2.75, 3.05) is 6.61 Å². The number of carboxylic acid groups (broad SMARTS) is 1. The van der Waals surface area contributed by atoms with Crippen LogP contribution in [0.2, 0.25) is 10.0 Å². The molecule has 3 nitrogen and oxygen atoms in total. The Bertz CT molecular complexity index is 366. The van der Waals surface area contributed by atoms with E-state index in [4.69, 9.17) is 33.4 Å². The van der Waals surface area contributed by atoms with Crippen LogP contribution in [0.4, 0.5) is 0 Å². The number of benzene rings is 1. The zero-order chi connectivity index (χ0) is 11.4. The van der Waals surface area contributed by atoms with E-state index in [-0.39, 0.29) is 13.0 Å². The molecule has 1 aromatic carbocycles. The van der Waals surface area contributed by atoms with Gasteiger partial charge in [-0.2, -0.15) is 0 Å². The second-order valence-electron chi connectivity index (χ2n) is 3.08. The van der Waals surface area contributed by atoms with Crippen LogP contribution >= 0.6 is 23.2 Å². The van der Waals surface area contributed by atoms with E-state index in [2.05, 4.69) is 0 Å². The molecular weight excluding hydrogens is 239 g/mol. The lowest BCUT2D eigenvalue weighted by Gasteiger charge is -2.11. The van der Waals surface area contributed by atoms with Crippen molar-refractivity contribution in [1.82, 2.24) is 0 Å². The lowest BCUT2D eigenvalue weighted by Crippen LogP contribution is -2.13. The summed E-state index contributed by atoms with van der Waals surface area (Å²) in [5.41, 5.74) is 0.547. The molecule has 0 amide bonds. The molecular formula is C10H10Cl2O3. The van der Waals surface area contributed by atoms with E-state index in [1.165, 1.54) is 6.07 Å². The first-order chi connectivity index (χ1) is 7.06. The smallest absolute Gasteiger partial charge is 0.311 e. The normalized spacial score (nSPS) is 12.5. The van der Waals surface area contributed by atoms with Gasteiger partial charge < -0.3 is 10.2 Å². The Kier molecular flexibility index (Phi) is 4.39. The molecule has 0 aliphatic rings. The van der Waals surface area contributed by atoms with E-state index in [1.807, 2.05) is 0 Å². The Labute approximate surface area is 97.2 Å². The molecule has 0 fully saturated rings. The van der Waals surface area contributed by atoms with Crippen LogP contribution in [0.5, 0.6) is 0 Å². The summed E-state index contributed by atoms with van der Waals surface area (Å²) in [6.45, 7) is -0.183. The van der Waals surface area contributed by atoms with Gasteiger partial charge in [0.05, 0.1) is 16.0 Å². The minimum Gasteiger partial charge on any atom is -0.481 e. The largest absolute Gasteiger partial charge is 0.481 e. The zero-order valence-corrected chi connectivity index (χ0v) is 9.29. The van der Waals surface area contributed by atoms with Crippen LogP contribution in [0, 0.1) is 0 Å². The van der Waals surface area contributed by atoms with Crippen LogP contribution < -0.4 is 0 Å². The predicted octanol–water partition coefficient (Wildman–Crippen LogP) is 2.54. The van der Waals surface area contributed by atoms with Crippen molar-refractivity contribution in [3.8, 4) is 0 Å². The fourth-order valence-corrected chi connectivity index (χ4v) is 1.60. The van der Waals surface area contributed by atoms with E-state index in [9.17, 15) is 4.79 Å². The van der Waals surface area contributed by atoms with Crippen LogP contribution in [-0.2, 0) is 4.79 Å². The number of hydrogen-bond acceptors (Lipinski definition) is 2. The van der Waals surface area contributed by atoms with Crippen molar-refractivity contribution in [3.05, 3.63) is 33.8 Å². The van der Waals surface area contributed by atoms with E-state index < -0.39 is 11.9 Å². The van der Waals surface area contributed by atoms with Gasteiger partial charge in [0.15, 0.2) is 0 Å². The fourth-order valence-electron chi connectivity index (χ4n) is 1.29. The Hall–Kier alpha value is -0.770. The van der Waals surface area contributed by atoms with Crippen LogP contribution in [0.15, 0.2) is 18.2 Å². The highest BCUT2D eigenvalue weighted by atomic mass is 35.5. The van der Waals surface area contributed by atoms with Gasteiger partial charge in [-0.05, 0) is 24.1 Å². The minimum absolute atomic E-state index is 0.160. The second-order valence-corrected chi connectivity index (χ2v) is 3.89. The number of aliphatic carboxylic acids is 1. The molecule has 0 saturated heterocycles. The first-order valence-electron chi connectivity index (χ1n) is 4.35. The van der Waals surface area contributed by atoms with Gasteiger partial charge in [-0.15, -0.1) is 0 Å². The highest BCUT2D eigenvalue weighted by Gasteiger charge is 2.19. The van der Waals surface area contributed by atoms with Gasteiger partial charge in [0.25, 0.3) is 0 Å². The average molecular weight is 249 g/mol. The van der Waals surface area contributed by atoms with Crippen LogP contribution in [0.1, 0.15) is 17.9 Å². The van der Waals surface area contributed by atoms with Crippen molar-refractivity contribution >= 4 is 29.2 Å². The molecule has 1 aromatic rings. The summed E-state index contributed by atoms with van der Waals surface area (Å²) in [6, 6.07) is 4.66. The summed E-state index contributed by atoms with van der Waals surface area (Å²) >= 11 is 11.5. The molecule has 1 rings (SSSR count). The zero-order valence-electron chi connectivity index (χ0n) is 7.78. The summed E-state index contributed by atoms with van der Waals surface area (Å²) in [7, 11) is 0. The number of rotatable bonds is 4. The number of carboxylic acids is 1. The quantitative estimate of drug-likeness (QED) is 0.862. The third-order valence-corrected chi connectivity index (χ3v) is 2.80. The fraction of sp³-hybridized carbons (Fsp3) is 0.300. The maximum atomic E-state index is 10.9. The summed E-state index contributed by atoms with van der Waals surface area (Å²) in [4.78, 5) is 10.9. The van der Waals surface area contributed by atoms with Gasteiger partial charge in [-0.1, -0.05) is 29.3 Å². The number of carbonyl (C=O) groups is 1. The van der Waals surface area contributed by atoms with Crippen molar-refractivity contribution < 1.29 is 15.0 Å². The van der Waals surface area contributed by atoms with Gasteiger partial charge in [0, 0.05) is 6.61 Å². The van der Waals surface area contributed by atoms with Crippen molar-refractivity contribution in [1.29, 1.82) is 0 Å². The number of hydrogen-bond donors (Lipinski definition) is 2. The third-order valence-electron chi connectivity index (χ3n) is 2.06. The van der Waals surface area contributed by atoms with E-state index >= 15 is 0 Å². The highest BCUT2D eigenvalue weighted by Crippen LogP contribution is 2.28. The van der Waals surface area contributed by atoms with Gasteiger partial charge in [0.1, 0.15) is 0 Å². The molecule has 0 saturated carbocycles. The van der Waals surface area contributed by atoms with E-state index in [0.717, 1.165) is 0 Å². The summed E-state index contributed by atoms with van der Waals surface area (Å²) in [5, 5.41) is 18.4. The molecule has 1 unspecified atom stereocenters. The second kappa shape index (κ2) is 5.35. The Balaban J connectivity index is 3.01. The molecule has 0 aliphatic carbocycles. The van der Waals surface area contributed by atoms with Crippen molar-refractivity contribution in [3.63, 3.8) is 0 Å². The van der Waals surface area contributed by atoms with Crippen LogP contribution in [0.25, 0.3) is 0 Å². The molecule has 15 heavy (non-hydrogen) atoms. The molecule has 0 aliphatic heterocycles. The Morgan fingerprint density at radius 1 is 1.33 bits per heavy atom. The molecule has 2 N–H and O–H groups in total. The van der Waals surface area contributed by atoms with Gasteiger partial charge in [0.2, 0.25) is 0 Å².